The molecule has 1 unspecified atom stereocenters. The molecule has 3 aliphatic rings. The molecule has 0 fully saturated rings. The first kappa shape index (κ1) is 23.2. The van der Waals surface area contributed by atoms with Gasteiger partial charge in [0.25, 0.3) is 0 Å². The highest BCUT2D eigenvalue weighted by Gasteiger charge is 2.64. The molecule has 3 aliphatic heterocycles. The van der Waals surface area contributed by atoms with Gasteiger partial charge in [-0.15, -0.1) is 0 Å². The molecule has 3 heterocycles. The topological polar surface area (TPSA) is 99.7 Å². The van der Waals surface area contributed by atoms with Gasteiger partial charge in [0.05, 0.1) is 23.4 Å². The SMILES string of the molecule is N#CC1=C(N)N(c2cccc(Cl)c2)C2=C(C(=O)OC2)C12C(=O)N(Cc1ccccc1Cl)c1ccccc12. The fourth-order valence-corrected chi connectivity index (χ4v) is 5.84. The highest BCUT2D eigenvalue weighted by molar-refractivity contribution is 6.31. The summed E-state index contributed by atoms with van der Waals surface area (Å²) in [6.07, 6.45) is 0. The van der Waals surface area contributed by atoms with Crippen molar-refractivity contribution in [2.75, 3.05) is 16.4 Å². The van der Waals surface area contributed by atoms with Gasteiger partial charge in [0.2, 0.25) is 5.91 Å². The Morgan fingerprint density at radius 3 is 2.54 bits per heavy atom. The van der Waals surface area contributed by atoms with Gasteiger partial charge in [-0.2, -0.15) is 5.26 Å². The average Bonchev–Trinajstić information content (AvgIpc) is 3.38. The Bertz CT molecular complexity index is 1620. The molecule has 0 aromatic heterocycles. The third-order valence-electron chi connectivity index (χ3n) is 6.98. The lowest BCUT2D eigenvalue weighted by atomic mass is 9.67. The molecule has 1 amide bonds. The lowest BCUT2D eigenvalue weighted by Crippen LogP contribution is -2.50. The quantitative estimate of drug-likeness (QED) is 0.490. The van der Waals surface area contributed by atoms with E-state index in [4.69, 9.17) is 33.7 Å². The summed E-state index contributed by atoms with van der Waals surface area (Å²) in [5.74, 6) is -1.11. The monoisotopic (exact) mass is 528 g/mol. The van der Waals surface area contributed by atoms with Gasteiger partial charge in [-0.1, -0.05) is 65.7 Å². The summed E-state index contributed by atoms with van der Waals surface area (Å²) < 4.78 is 5.47. The Labute approximate surface area is 222 Å². The van der Waals surface area contributed by atoms with E-state index in [1.807, 2.05) is 18.2 Å². The summed E-state index contributed by atoms with van der Waals surface area (Å²) in [6, 6.07) is 23.3. The van der Waals surface area contributed by atoms with E-state index in [2.05, 4.69) is 6.07 Å². The first-order chi connectivity index (χ1) is 17.9. The standard InChI is InChI=1S/C28H18Cl2N4O3/c29-17-7-5-8-18(12-17)34-23-15-37-26(35)24(23)28(20(13-31)25(34)32)19-9-2-4-11-22(19)33(27(28)36)14-16-6-1-3-10-21(16)30/h1-12H,14-15,32H2. The smallest absolute Gasteiger partial charge is 0.338 e. The maximum atomic E-state index is 14.5. The fourth-order valence-electron chi connectivity index (χ4n) is 5.46. The van der Waals surface area contributed by atoms with Crippen molar-refractivity contribution in [3.05, 3.63) is 117 Å². The van der Waals surface area contributed by atoms with Crippen LogP contribution in [0.1, 0.15) is 11.1 Å². The number of carbonyl (C=O) groups is 2. The van der Waals surface area contributed by atoms with Gasteiger partial charge in [0.1, 0.15) is 23.9 Å². The van der Waals surface area contributed by atoms with Crippen LogP contribution in [0.4, 0.5) is 11.4 Å². The number of halogens is 2. The molecule has 9 heteroatoms. The van der Waals surface area contributed by atoms with E-state index in [1.165, 1.54) is 0 Å². The van der Waals surface area contributed by atoms with E-state index >= 15 is 0 Å². The number of ether oxygens (including phenoxy) is 1. The minimum absolute atomic E-state index is 0.0320. The molecule has 1 spiro atoms. The van der Waals surface area contributed by atoms with Crippen molar-refractivity contribution in [1.82, 2.24) is 0 Å². The average molecular weight is 529 g/mol. The van der Waals surface area contributed by atoms with Crippen LogP contribution in [-0.2, 0) is 26.3 Å². The van der Waals surface area contributed by atoms with Crippen LogP contribution in [0, 0.1) is 11.3 Å². The van der Waals surface area contributed by atoms with Gasteiger partial charge in [-0.3, -0.25) is 9.69 Å². The van der Waals surface area contributed by atoms with Crippen LogP contribution in [0.2, 0.25) is 10.0 Å². The highest BCUT2D eigenvalue weighted by Crippen LogP contribution is 2.56. The molecular weight excluding hydrogens is 511 g/mol. The molecular formula is C28H18Cl2N4O3. The second-order valence-corrected chi connectivity index (χ2v) is 9.68. The summed E-state index contributed by atoms with van der Waals surface area (Å²) >= 11 is 12.7. The Balaban J connectivity index is 1.62. The number of para-hydroxylation sites is 1. The molecule has 3 aromatic carbocycles. The summed E-state index contributed by atoms with van der Waals surface area (Å²) in [6.45, 7) is 0.0351. The van der Waals surface area contributed by atoms with Gasteiger partial charge < -0.3 is 15.4 Å². The van der Waals surface area contributed by atoms with E-state index in [9.17, 15) is 14.9 Å². The van der Waals surface area contributed by atoms with E-state index in [1.54, 1.807) is 64.4 Å². The van der Waals surface area contributed by atoms with Crippen molar-refractivity contribution < 1.29 is 14.3 Å². The van der Waals surface area contributed by atoms with Crippen LogP contribution in [0.5, 0.6) is 0 Å². The van der Waals surface area contributed by atoms with Crippen molar-refractivity contribution in [3.8, 4) is 6.07 Å². The summed E-state index contributed by atoms with van der Waals surface area (Å²) in [7, 11) is 0. The van der Waals surface area contributed by atoms with E-state index < -0.39 is 17.3 Å². The maximum Gasteiger partial charge on any atom is 0.338 e. The number of nitrogens with zero attached hydrogens (tertiary/aromatic N) is 3. The number of nitriles is 1. The second kappa shape index (κ2) is 8.41. The van der Waals surface area contributed by atoms with Crippen LogP contribution in [0.3, 0.4) is 0 Å². The van der Waals surface area contributed by atoms with Gasteiger partial charge in [-0.25, -0.2) is 4.79 Å². The number of hydrogen-bond donors (Lipinski definition) is 1. The molecule has 7 nitrogen and oxygen atoms in total. The fraction of sp³-hybridized carbons (Fsp3) is 0.107. The van der Waals surface area contributed by atoms with Crippen LogP contribution < -0.4 is 15.5 Å². The number of fused-ring (bicyclic) bond motifs is 3. The number of esters is 1. The second-order valence-electron chi connectivity index (χ2n) is 8.84. The van der Waals surface area contributed by atoms with Gasteiger partial charge >= 0.3 is 5.97 Å². The molecule has 3 aromatic rings. The zero-order chi connectivity index (χ0) is 25.9. The molecule has 1 atom stereocenters. The predicted molar refractivity (Wildman–Crippen MR) is 140 cm³/mol. The number of carbonyl (C=O) groups excluding carboxylic acids is 2. The molecule has 6 rings (SSSR count). The zero-order valence-corrected chi connectivity index (χ0v) is 20.8. The van der Waals surface area contributed by atoms with Crippen LogP contribution in [-0.4, -0.2) is 18.5 Å². The number of hydrogen-bond acceptors (Lipinski definition) is 6. The molecule has 2 N–H and O–H groups in total. The third kappa shape index (κ3) is 3.13. The molecule has 0 radical (unpaired) electrons. The summed E-state index contributed by atoms with van der Waals surface area (Å²) in [4.78, 5) is 31.0. The van der Waals surface area contributed by atoms with Gasteiger partial charge in [-0.05, 0) is 35.9 Å². The maximum absolute atomic E-state index is 14.5. The van der Waals surface area contributed by atoms with E-state index in [0.717, 1.165) is 5.56 Å². The number of nitrogens with two attached hydrogens (primary N) is 1. The molecule has 0 bridgehead atoms. The molecule has 0 aliphatic carbocycles. The Hall–Kier alpha value is -4.25. The number of anilines is 2. The lowest BCUT2D eigenvalue weighted by Gasteiger charge is -2.38. The number of amides is 1. The van der Waals surface area contributed by atoms with Gasteiger partial charge in [0, 0.05) is 27.0 Å². The van der Waals surface area contributed by atoms with E-state index in [0.29, 0.717) is 32.7 Å². The lowest BCUT2D eigenvalue weighted by molar-refractivity contribution is -0.137. The minimum atomic E-state index is -1.76. The first-order valence-corrected chi connectivity index (χ1v) is 12.2. The number of cyclic esters (lactones) is 1. The zero-order valence-electron chi connectivity index (χ0n) is 19.2. The predicted octanol–water partition coefficient (Wildman–Crippen LogP) is 4.80. The van der Waals surface area contributed by atoms with E-state index in [-0.39, 0.29) is 30.1 Å². The first-order valence-electron chi connectivity index (χ1n) is 11.4. The number of rotatable bonds is 3. The Kier molecular flexibility index (Phi) is 5.27. The minimum Gasteiger partial charge on any atom is -0.456 e. The van der Waals surface area contributed by atoms with Gasteiger partial charge in [0.15, 0.2) is 0 Å². The molecule has 37 heavy (non-hydrogen) atoms. The van der Waals surface area contributed by atoms with Crippen LogP contribution >= 0.6 is 23.2 Å². The molecule has 0 saturated carbocycles. The Morgan fingerprint density at radius 1 is 1.03 bits per heavy atom. The third-order valence-corrected chi connectivity index (χ3v) is 7.58. The molecule has 182 valence electrons. The highest BCUT2D eigenvalue weighted by atomic mass is 35.5. The summed E-state index contributed by atoms with van der Waals surface area (Å²) in [5, 5.41) is 11.4. The Morgan fingerprint density at radius 2 is 1.78 bits per heavy atom. The van der Waals surface area contributed by atoms with Crippen molar-refractivity contribution in [2.45, 2.75) is 12.0 Å². The van der Waals surface area contributed by atoms with Crippen molar-refractivity contribution in [3.63, 3.8) is 0 Å². The van der Waals surface area contributed by atoms with Crippen molar-refractivity contribution in [1.29, 1.82) is 5.26 Å². The van der Waals surface area contributed by atoms with Crippen LogP contribution in [0.15, 0.2) is 95.5 Å². The van der Waals surface area contributed by atoms with Crippen molar-refractivity contribution >= 4 is 46.5 Å². The number of benzene rings is 3. The van der Waals surface area contributed by atoms with Crippen molar-refractivity contribution in [2.24, 2.45) is 5.73 Å². The summed E-state index contributed by atoms with van der Waals surface area (Å²) in [5.41, 5.74) is 7.65. The normalized spacial score (nSPS) is 20.4. The molecule has 0 saturated heterocycles. The largest absolute Gasteiger partial charge is 0.456 e. The van der Waals surface area contributed by atoms with Crippen LogP contribution in [0.25, 0.3) is 0 Å².